The van der Waals surface area contributed by atoms with E-state index in [1.165, 1.54) is 0 Å². The fraction of sp³-hybridized carbons (Fsp3) is 0.217. The summed E-state index contributed by atoms with van der Waals surface area (Å²) in [5.74, 6) is -0.925. The zero-order valence-corrected chi connectivity index (χ0v) is 17.8. The zero-order valence-electron chi connectivity index (χ0n) is 17.1. The second-order valence-electron chi connectivity index (χ2n) is 7.36. The van der Waals surface area contributed by atoms with Crippen LogP contribution in [0, 0.1) is 13.8 Å². The van der Waals surface area contributed by atoms with Gasteiger partial charge in [0.05, 0.1) is 27.7 Å². The Labute approximate surface area is 184 Å². The minimum atomic E-state index is -0.587. The molecule has 1 amide bonds. The topological polar surface area (TPSA) is 90.3 Å². The van der Waals surface area contributed by atoms with Gasteiger partial charge in [-0.05, 0) is 68.3 Å². The van der Waals surface area contributed by atoms with E-state index in [0.29, 0.717) is 34.7 Å². The highest BCUT2D eigenvalue weighted by Gasteiger charge is 2.18. The second kappa shape index (κ2) is 8.35. The predicted molar refractivity (Wildman–Crippen MR) is 116 cm³/mol. The first kappa shape index (κ1) is 20.8. The molecule has 7 nitrogen and oxygen atoms in total. The molecule has 31 heavy (non-hydrogen) atoms. The Hall–Kier alpha value is -3.45. The van der Waals surface area contributed by atoms with Crippen molar-refractivity contribution in [2.75, 3.05) is 11.9 Å². The monoisotopic (exact) mass is 437 g/mol. The number of Topliss-reactive ketones (excluding diaryl/α,β-unsaturated/α-hetero) is 1. The van der Waals surface area contributed by atoms with Crippen LogP contribution in [0.25, 0.3) is 5.69 Å². The number of carbonyl (C=O) groups excluding carboxylic acids is 3. The summed E-state index contributed by atoms with van der Waals surface area (Å²) in [6.45, 7) is 3.33. The maximum atomic E-state index is 12.5. The van der Waals surface area contributed by atoms with E-state index < -0.39 is 5.97 Å². The minimum absolute atomic E-state index is 0.0347. The Morgan fingerprint density at radius 3 is 2.48 bits per heavy atom. The number of rotatable bonds is 5. The highest BCUT2D eigenvalue weighted by Crippen LogP contribution is 2.24. The third-order valence-corrected chi connectivity index (χ3v) is 5.75. The summed E-state index contributed by atoms with van der Waals surface area (Å²) >= 11 is 6.19. The van der Waals surface area contributed by atoms with Crippen molar-refractivity contribution >= 4 is 34.9 Å². The number of hydrogen-bond acceptors (Lipinski definition) is 5. The lowest BCUT2D eigenvalue weighted by molar-refractivity contribution is -0.116. The number of halogens is 1. The maximum Gasteiger partial charge on any atom is 0.338 e. The van der Waals surface area contributed by atoms with E-state index in [-0.39, 0.29) is 18.3 Å². The number of anilines is 1. The third kappa shape index (κ3) is 4.22. The van der Waals surface area contributed by atoms with Crippen LogP contribution in [-0.4, -0.2) is 34.0 Å². The molecule has 0 unspecified atom stereocenters. The molecule has 4 rings (SSSR count). The number of ketones is 1. The Balaban J connectivity index is 1.40. The van der Waals surface area contributed by atoms with E-state index in [1.807, 2.05) is 13.8 Å². The standard InChI is InChI=1S/C23H20ClN3O4/c1-13-22(24)14(2)27(26-13)18-7-3-15(4-8-18)23(30)31-12-20(28)17-5-9-19-16(11-17)6-10-21(29)25-19/h3-5,7-9,11H,6,10,12H2,1-2H3,(H,25,29). The van der Waals surface area contributed by atoms with Crippen molar-refractivity contribution in [2.45, 2.75) is 26.7 Å². The van der Waals surface area contributed by atoms with Crippen molar-refractivity contribution in [3.63, 3.8) is 0 Å². The fourth-order valence-electron chi connectivity index (χ4n) is 3.47. The average Bonchev–Trinajstić information content (AvgIpc) is 3.04. The summed E-state index contributed by atoms with van der Waals surface area (Å²) in [6, 6.07) is 11.8. The lowest BCUT2D eigenvalue weighted by Gasteiger charge is -2.17. The number of amides is 1. The number of nitrogens with zero attached hydrogens (tertiary/aromatic N) is 2. The van der Waals surface area contributed by atoms with Crippen LogP contribution in [0.2, 0.25) is 5.02 Å². The van der Waals surface area contributed by atoms with E-state index in [1.54, 1.807) is 47.1 Å². The molecule has 0 atom stereocenters. The third-order valence-electron chi connectivity index (χ3n) is 5.21. The summed E-state index contributed by atoms with van der Waals surface area (Å²) in [7, 11) is 0. The summed E-state index contributed by atoms with van der Waals surface area (Å²) in [5.41, 5.74) is 4.69. The molecule has 0 bridgehead atoms. The number of nitrogens with one attached hydrogen (secondary N) is 1. The number of aryl methyl sites for hydroxylation is 2. The summed E-state index contributed by atoms with van der Waals surface area (Å²) in [5, 5.41) is 7.76. The van der Waals surface area contributed by atoms with Crippen molar-refractivity contribution in [1.82, 2.24) is 9.78 Å². The van der Waals surface area contributed by atoms with Crippen LogP contribution in [0.4, 0.5) is 5.69 Å². The van der Waals surface area contributed by atoms with Crippen molar-refractivity contribution in [3.8, 4) is 5.69 Å². The molecule has 1 aliphatic heterocycles. The van der Waals surface area contributed by atoms with Gasteiger partial charge in [-0.1, -0.05) is 11.6 Å². The number of fused-ring (bicyclic) bond motifs is 1. The van der Waals surface area contributed by atoms with Crippen LogP contribution in [0.3, 0.4) is 0 Å². The predicted octanol–water partition coefficient (Wildman–Crippen LogP) is 4.07. The molecule has 8 heteroatoms. The molecule has 0 fully saturated rings. The number of hydrogen-bond donors (Lipinski definition) is 1. The first-order valence-electron chi connectivity index (χ1n) is 9.79. The second-order valence-corrected chi connectivity index (χ2v) is 7.74. The highest BCUT2D eigenvalue weighted by atomic mass is 35.5. The van der Waals surface area contributed by atoms with Crippen molar-refractivity contribution < 1.29 is 19.1 Å². The first-order chi connectivity index (χ1) is 14.8. The lowest BCUT2D eigenvalue weighted by atomic mass is 9.99. The molecule has 0 radical (unpaired) electrons. The van der Waals surface area contributed by atoms with Crippen LogP contribution >= 0.6 is 11.6 Å². The molecular formula is C23H20ClN3O4. The number of carbonyl (C=O) groups is 3. The Morgan fingerprint density at radius 1 is 1.10 bits per heavy atom. The lowest BCUT2D eigenvalue weighted by Crippen LogP contribution is -2.20. The van der Waals surface area contributed by atoms with Gasteiger partial charge < -0.3 is 10.1 Å². The van der Waals surface area contributed by atoms with Gasteiger partial charge in [0.2, 0.25) is 5.91 Å². The van der Waals surface area contributed by atoms with E-state index in [2.05, 4.69) is 10.4 Å². The molecule has 158 valence electrons. The van der Waals surface area contributed by atoms with E-state index >= 15 is 0 Å². The summed E-state index contributed by atoms with van der Waals surface area (Å²) < 4.78 is 6.90. The molecule has 2 heterocycles. The Kier molecular flexibility index (Phi) is 5.61. The number of esters is 1. The zero-order chi connectivity index (χ0) is 22.1. The number of benzene rings is 2. The van der Waals surface area contributed by atoms with E-state index in [4.69, 9.17) is 16.3 Å². The van der Waals surface area contributed by atoms with E-state index in [0.717, 1.165) is 22.6 Å². The normalized spacial score (nSPS) is 12.8. The van der Waals surface area contributed by atoms with Gasteiger partial charge in [0, 0.05) is 17.7 Å². The van der Waals surface area contributed by atoms with Crippen LogP contribution in [0.1, 0.15) is 44.1 Å². The van der Waals surface area contributed by atoms with Crippen LogP contribution in [-0.2, 0) is 16.0 Å². The maximum absolute atomic E-state index is 12.5. The molecular weight excluding hydrogens is 418 g/mol. The van der Waals surface area contributed by atoms with Crippen molar-refractivity contribution in [3.05, 3.63) is 75.6 Å². The molecule has 1 N–H and O–H groups in total. The van der Waals surface area contributed by atoms with Crippen LogP contribution < -0.4 is 5.32 Å². The smallest absolute Gasteiger partial charge is 0.338 e. The molecule has 0 saturated heterocycles. The molecule has 0 saturated carbocycles. The molecule has 0 spiro atoms. The first-order valence-corrected chi connectivity index (χ1v) is 10.2. The Morgan fingerprint density at radius 2 is 1.81 bits per heavy atom. The summed E-state index contributed by atoms with van der Waals surface area (Å²) in [4.78, 5) is 36.3. The van der Waals surface area contributed by atoms with Crippen LogP contribution in [0.5, 0.6) is 0 Å². The van der Waals surface area contributed by atoms with Gasteiger partial charge in [0.15, 0.2) is 12.4 Å². The van der Waals surface area contributed by atoms with Gasteiger partial charge in [0.1, 0.15) is 0 Å². The molecule has 3 aromatic rings. The van der Waals surface area contributed by atoms with Gasteiger partial charge >= 0.3 is 5.97 Å². The molecule has 1 aliphatic rings. The van der Waals surface area contributed by atoms with Gasteiger partial charge in [0.25, 0.3) is 0 Å². The largest absolute Gasteiger partial charge is 0.454 e. The molecule has 2 aromatic carbocycles. The van der Waals surface area contributed by atoms with Gasteiger partial charge in [-0.3, -0.25) is 9.59 Å². The van der Waals surface area contributed by atoms with Gasteiger partial charge in [-0.25, -0.2) is 9.48 Å². The van der Waals surface area contributed by atoms with Crippen molar-refractivity contribution in [2.24, 2.45) is 0 Å². The average molecular weight is 438 g/mol. The SMILES string of the molecule is Cc1nn(-c2ccc(C(=O)OCC(=O)c3ccc4c(c3)CCC(=O)N4)cc2)c(C)c1Cl. The van der Waals surface area contributed by atoms with Crippen molar-refractivity contribution in [1.29, 1.82) is 0 Å². The fourth-order valence-corrected chi connectivity index (χ4v) is 3.59. The van der Waals surface area contributed by atoms with Gasteiger partial charge in [-0.2, -0.15) is 5.10 Å². The minimum Gasteiger partial charge on any atom is -0.454 e. The van der Waals surface area contributed by atoms with Gasteiger partial charge in [-0.15, -0.1) is 0 Å². The van der Waals surface area contributed by atoms with E-state index in [9.17, 15) is 14.4 Å². The highest BCUT2D eigenvalue weighted by molar-refractivity contribution is 6.31. The number of ether oxygens (including phenoxy) is 1. The quantitative estimate of drug-likeness (QED) is 0.480. The summed E-state index contributed by atoms with van der Waals surface area (Å²) in [6.07, 6.45) is 0.967. The number of aromatic nitrogens is 2. The van der Waals surface area contributed by atoms with Crippen LogP contribution in [0.15, 0.2) is 42.5 Å². The molecule has 0 aliphatic carbocycles. The molecule has 1 aromatic heterocycles. The Bertz CT molecular complexity index is 1200.